The lowest BCUT2D eigenvalue weighted by Crippen LogP contribution is -2.52. The number of halogens is 1. The van der Waals surface area contributed by atoms with Gasteiger partial charge in [-0.05, 0) is 38.1 Å². The van der Waals surface area contributed by atoms with E-state index in [1.54, 1.807) is 6.20 Å². The van der Waals surface area contributed by atoms with Crippen LogP contribution in [0.25, 0.3) is 0 Å². The van der Waals surface area contributed by atoms with Gasteiger partial charge in [-0.3, -0.25) is 4.90 Å². The van der Waals surface area contributed by atoms with Crippen molar-refractivity contribution in [2.24, 2.45) is 0 Å². The molecule has 1 aromatic heterocycles. The molecular formula is C16H27ClN4. The molecular weight excluding hydrogens is 284 g/mol. The van der Waals surface area contributed by atoms with Gasteiger partial charge in [0.15, 0.2) is 0 Å². The molecule has 0 aromatic carbocycles. The molecule has 1 fully saturated rings. The van der Waals surface area contributed by atoms with Crippen molar-refractivity contribution in [3.8, 4) is 0 Å². The quantitative estimate of drug-likeness (QED) is 0.819. The van der Waals surface area contributed by atoms with Crippen molar-refractivity contribution in [3.63, 3.8) is 0 Å². The maximum absolute atomic E-state index is 6.26. The first-order valence-electron chi connectivity index (χ1n) is 7.99. The number of piperazine rings is 1. The summed E-state index contributed by atoms with van der Waals surface area (Å²) in [6, 6.07) is 2.71. The van der Waals surface area contributed by atoms with E-state index in [1.807, 2.05) is 0 Å². The Morgan fingerprint density at radius 2 is 2.19 bits per heavy atom. The van der Waals surface area contributed by atoms with Crippen LogP contribution in [0.1, 0.15) is 32.8 Å². The number of hydrogen-bond acceptors (Lipinski definition) is 4. The summed E-state index contributed by atoms with van der Waals surface area (Å²) in [7, 11) is 0. The minimum Gasteiger partial charge on any atom is -0.354 e. The summed E-state index contributed by atoms with van der Waals surface area (Å²) in [5, 5.41) is 4.16. The van der Waals surface area contributed by atoms with E-state index in [4.69, 9.17) is 11.6 Å². The fourth-order valence-corrected chi connectivity index (χ4v) is 3.02. The summed E-state index contributed by atoms with van der Waals surface area (Å²) in [5.74, 6) is 1.05. The van der Waals surface area contributed by atoms with Crippen LogP contribution in [0.4, 0.5) is 5.82 Å². The van der Waals surface area contributed by atoms with Gasteiger partial charge < -0.3 is 10.2 Å². The molecule has 1 aliphatic rings. The molecule has 2 heterocycles. The van der Waals surface area contributed by atoms with E-state index in [0.717, 1.165) is 62.1 Å². The molecule has 0 saturated carbocycles. The zero-order valence-electron chi connectivity index (χ0n) is 13.4. The third kappa shape index (κ3) is 4.31. The van der Waals surface area contributed by atoms with Crippen LogP contribution in [0.2, 0.25) is 5.02 Å². The predicted molar refractivity (Wildman–Crippen MR) is 90.2 cm³/mol. The van der Waals surface area contributed by atoms with Crippen LogP contribution in [-0.2, 0) is 6.54 Å². The van der Waals surface area contributed by atoms with Crippen molar-refractivity contribution in [3.05, 3.63) is 22.8 Å². The highest BCUT2D eigenvalue weighted by atomic mass is 35.5. The molecule has 1 aromatic rings. The monoisotopic (exact) mass is 310 g/mol. The summed E-state index contributed by atoms with van der Waals surface area (Å²) < 4.78 is 0. The second kappa shape index (κ2) is 7.97. The van der Waals surface area contributed by atoms with Gasteiger partial charge in [0, 0.05) is 38.4 Å². The number of hydrogen-bond donors (Lipinski definition) is 1. The number of pyridine rings is 1. The molecule has 2 rings (SSSR count). The van der Waals surface area contributed by atoms with Gasteiger partial charge in [0.2, 0.25) is 0 Å². The SMILES string of the molecule is CCCNCc1cc(N2CCN(CC)C(C)C2)ncc1Cl. The number of anilines is 1. The van der Waals surface area contributed by atoms with E-state index < -0.39 is 0 Å². The zero-order chi connectivity index (χ0) is 15.2. The van der Waals surface area contributed by atoms with Crippen molar-refractivity contribution in [1.29, 1.82) is 0 Å². The first-order chi connectivity index (χ1) is 10.2. The van der Waals surface area contributed by atoms with E-state index in [2.05, 4.69) is 46.9 Å². The Morgan fingerprint density at radius 1 is 1.38 bits per heavy atom. The molecule has 0 spiro atoms. The molecule has 5 heteroatoms. The van der Waals surface area contributed by atoms with Crippen LogP contribution in [0.3, 0.4) is 0 Å². The largest absolute Gasteiger partial charge is 0.354 e. The van der Waals surface area contributed by atoms with Gasteiger partial charge >= 0.3 is 0 Å². The molecule has 1 N–H and O–H groups in total. The van der Waals surface area contributed by atoms with Crippen molar-refractivity contribution in [1.82, 2.24) is 15.2 Å². The first kappa shape index (κ1) is 16.5. The van der Waals surface area contributed by atoms with E-state index in [9.17, 15) is 0 Å². The van der Waals surface area contributed by atoms with Crippen LogP contribution < -0.4 is 10.2 Å². The highest BCUT2D eigenvalue weighted by Crippen LogP contribution is 2.22. The van der Waals surface area contributed by atoms with Crippen LogP contribution in [-0.4, -0.2) is 48.6 Å². The Kier molecular flexibility index (Phi) is 6.27. The molecule has 21 heavy (non-hydrogen) atoms. The minimum atomic E-state index is 0.572. The number of nitrogens with zero attached hydrogens (tertiary/aromatic N) is 3. The second-order valence-corrected chi connectivity index (χ2v) is 6.14. The molecule has 0 bridgehead atoms. The third-order valence-corrected chi connectivity index (χ3v) is 4.50. The summed E-state index contributed by atoms with van der Waals surface area (Å²) in [6.45, 7) is 12.8. The van der Waals surface area contributed by atoms with Crippen molar-refractivity contribution in [2.45, 2.75) is 39.8 Å². The summed E-state index contributed by atoms with van der Waals surface area (Å²) in [5.41, 5.74) is 1.14. The normalized spacial score (nSPS) is 20.0. The summed E-state index contributed by atoms with van der Waals surface area (Å²) >= 11 is 6.26. The van der Waals surface area contributed by atoms with Crippen molar-refractivity contribution < 1.29 is 0 Å². The molecule has 0 amide bonds. The Labute approximate surface area is 133 Å². The average molecular weight is 311 g/mol. The fourth-order valence-electron chi connectivity index (χ4n) is 2.85. The summed E-state index contributed by atoms with van der Waals surface area (Å²) in [4.78, 5) is 9.41. The van der Waals surface area contributed by atoms with Gasteiger partial charge in [0.05, 0.1) is 5.02 Å². The van der Waals surface area contributed by atoms with Gasteiger partial charge in [0.25, 0.3) is 0 Å². The van der Waals surface area contributed by atoms with E-state index in [-0.39, 0.29) is 0 Å². The average Bonchev–Trinajstić information content (AvgIpc) is 2.49. The van der Waals surface area contributed by atoms with Gasteiger partial charge in [-0.25, -0.2) is 4.98 Å². The lowest BCUT2D eigenvalue weighted by atomic mass is 10.1. The second-order valence-electron chi connectivity index (χ2n) is 5.73. The highest BCUT2D eigenvalue weighted by molar-refractivity contribution is 6.31. The standard InChI is InChI=1S/C16H27ClN4/c1-4-6-18-10-14-9-16(19-11-15(14)17)21-8-7-20(5-2)13(3)12-21/h9,11,13,18H,4-8,10,12H2,1-3H3. The molecule has 1 unspecified atom stereocenters. The topological polar surface area (TPSA) is 31.4 Å². The number of likely N-dealkylation sites (N-methyl/N-ethyl adjacent to an activating group) is 1. The van der Waals surface area contributed by atoms with E-state index in [1.165, 1.54) is 0 Å². The zero-order valence-corrected chi connectivity index (χ0v) is 14.2. The molecule has 4 nitrogen and oxygen atoms in total. The van der Waals surface area contributed by atoms with Crippen LogP contribution in [0.5, 0.6) is 0 Å². The molecule has 0 aliphatic carbocycles. The number of aromatic nitrogens is 1. The molecule has 118 valence electrons. The number of nitrogens with one attached hydrogen (secondary N) is 1. The number of rotatable bonds is 6. The first-order valence-corrected chi connectivity index (χ1v) is 8.37. The van der Waals surface area contributed by atoms with E-state index >= 15 is 0 Å². The molecule has 0 radical (unpaired) electrons. The van der Waals surface area contributed by atoms with Gasteiger partial charge in [-0.2, -0.15) is 0 Å². The Bertz CT molecular complexity index is 452. The van der Waals surface area contributed by atoms with Crippen molar-refractivity contribution in [2.75, 3.05) is 37.6 Å². The fraction of sp³-hybridized carbons (Fsp3) is 0.688. The maximum Gasteiger partial charge on any atom is 0.129 e. The maximum atomic E-state index is 6.26. The van der Waals surface area contributed by atoms with Gasteiger partial charge in [-0.1, -0.05) is 25.4 Å². The van der Waals surface area contributed by atoms with Gasteiger partial charge in [-0.15, -0.1) is 0 Å². The molecule has 1 aliphatic heterocycles. The smallest absolute Gasteiger partial charge is 0.129 e. The lowest BCUT2D eigenvalue weighted by molar-refractivity contribution is 0.199. The Balaban J connectivity index is 2.04. The van der Waals surface area contributed by atoms with Gasteiger partial charge in [0.1, 0.15) is 5.82 Å². The Morgan fingerprint density at radius 3 is 2.86 bits per heavy atom. The molecule has 1 saturated heterocycles. The van der Waals surface area contributed by atoms with Crippen molar-refractivity contribution >= 4 is 17.4 Å². The highest BCUT2D eigenvalue weighted by Gasteiger charge is 2.23. The predicted octanol–water partition coefficient (Wildman–Crippen LogP) is 2.77. The van der Waals surface area contributed by atoms with Crippen LogP contribution in [0.15, 0.2) is 12.3 Å². The van der Waals surface area contributed by atoms with Crippen LogP contribution >= 0.6 is 11.6 Å². The third-order valence-electron chi connectivity index (χ3n) is 4.16. The Hall–Kier alpha value is -0.840. The van der Waals surface area contributed by atoms with Crippen LogP contribution in [0, 0.1) is 0 Å². The minimum absolute atomic E-state index is 0.572. The lowest BCUT2D eigenvalue weighted by Gasteiger charge is -2.40. The summed E-state index contributed by atoms with van der Waals surface area (Å²) in [6.07, 6.45) is 2.92. The molecule has 1 atom stereocenters. The van der Waals surface area contributed by atoms with E-state index in [0.29, 0.717) is 6.04 Å².